The van der Waals surface area contributed by atoms with Gasteiger partial charge in [0.2, 0.25) is 11.8 Å². The van der Waals surface area contributed by atoms with Gasteiger partial charge in [0, 0.05) is 42.0 Å². The van der Waals surface area contributed by atoms with E-state index in [1.807, 2.05) is 23.6 Å². The summed E-state index contributed by atoms with van der Waals surface area (Å²) in [6, 6.07) is 9.20. The lowest BCUT2D eigenvalue weighted by Gasteiger charge is -2.05. The second-order valence-corrected chi connectivity index (χ2v) is 6.35. The number of anilines is 1. The molecule has 26 heavy (non-hydrogen) atoms. The molecule has 7 nitrogen and oxygen atoms in total. The molecule has 0 saturated carbocycles. The minimum absolute atomic E-state index is 0.195. The first-order valence-corrected chi connectivity index (χ1v) is 8.64. The van der Waals surface area contributed by atoms with E-state index < -0.39 is 0 Å². The number of hydrogen-bond acceptors (Lipinski definition) is 7. The Labute approximate surface area is 152 Å². The van der Waals surface area contributed by atoms with Crippen LogP contribution in [0.3, 0.4) is 0 Å². The minimum atomic E-state index is -0.195. The van der Waals surface area contributed by atoms with Gasteiger partial charge in [0.15, 0.2) is 5.13 Å². The Hall–Kier alpha value is -3.39. The lowest BCUT2D eigenvalue weighted by molar-refractivity contribution is 0.102. The number of pyridine rings is 1. The Morgan fingerprint density at radius 3 is 2.58 bits per heavy atom. The number of nitrogens with zero attached hydrogens (tertiary/aromatic N) is 4. The summed E-state index contributed by atoms with van der Waals surface area (Å²) in [5.41, 5.74) is 3.13. The van der Waals surface area contributed by atoms with Gasteiger partial charge in [-0.3, -0.25) is 15.1 Å². The van der Waals surface area contributed by atoms with Crippen LogP contribution in [0.15, 0.2) is 58.7 Å². The van der Waals surface area contributed by atoms with Crippen LogP contribution in [-0.4, -0.2) is 26.1 Å². The van der Waals surface area contributed by atoms with Crippen LogP contribution in [0.2, 0.25) is 0 Å². The smallest absolute Gasteiger partial charge is 0.257 e. The van der Waals surface area contributed by atoms with Crippen LogP contribution in [0.5, 0.6) is 0 Å². The van der Waals surface area contributed by atoms with Crippen LogP contribution in [0, 0.1) is 6.92 Å². The zero-order valence-electron chi connectivity index (χ0n) is 13.7. The molecule has 0 bridgehead atoms. The van der Waals surface area contributed by atoms with Gasteiger partial charge in [0.25, 0.3) is 5.91 Å². The Morgan fingerprint density at radius 2 is 1.88 bits per heavy atom. The number of hydrogen-bond donors (Lipinski definition) is 1. The maximum atomic E-state index is 12.2. The fraction of sp³-hybridized carbons (Fsp3) is 0.0556. The number of carbonyl (C=O) groups is 1. The Kier molecular flexibility index (Phi) is 4.24. The van der Waals surface area contributed by atoms with Crippen LogP contribution in [0.1, 0.15) is 16.2 Å². The predicted molar refractivity (Wildman–Crippen MR) is 97.8 cm³/mol. The molecule has 1 N–H and O–H groups in total. The molecular weight excluding hydrogens is 350 g/mol. The van der Waals surface area contributed by atoms with Gasteiger partial charge in [-0.05, 0) is 23.8 Å². The van der Waals surface area contributed by atoms with E-state index in [2.05, 4.69) is 25.5 Å². The quantitative estimate of drug-likeness (QED) is 0.592. The summed E-state index contributed by atoms with van der Waals surface area (Å²) < 4.78 is 5.44. The third kappa shape index (κ3) is 3.35. The normalized spacial score (nSPS) is 10.7. The van der Waals surface area contributed by atoms with Crippen molar-refractivity contribution in [3.63, 3.8) is 0 Å². The number of amides is 1. The summed E-state index contributed by atoms with van der Waals surface area (Å²) in [6.45, 7) is 1.74. The molecule has 0 unspecified atom stereocenters. The summed E-state index contributed by atoms with van der Waals surface area (Å²) in [7, 11) is 0. The monoisotopic (exact) mass is 363 g/mol. The van der Waals surface area contributed by atoms with Crippen LogP contribution in [-0.2, 0) is 0 Å². The van der Waals surface area contributed by atoms with Gasteiger partial charge >= 0.3 is 0 Å². The van der Waals surface area contributed by atoms with Gasteiger partial charge in [-0.15, -0.1) is 21.5 Å². The van der Waals surface area contributed by atoms with Crippen LogP contribution in [0.25, 0.3) is 22.6 Å². The molecule has 0 aliphatic heterocycles. The Balaban J connectivity index is 1.56. The first-order chi connectivity index (χ1) is 12.7. The van der Waals surface area contributed by atoms with Crippen LogP contribution >= 0.6 is 11.3 Å². The number of aromatic nitrogens is 4. The van der Waals surface area contributed by atoms with Gasteiger partial charge in [-0.2, -0.15) is 0 Å². The minimum Gasteiger partial charge on any atom is -0.421 e. The highest BCUT2D eigenvalue weighted by molar-refractivity contribution is 7.13. The summed E-state index contributed by atoms with van der Waals surface area (Å²) in [4.78, 5) is 20.5. The molecule has 1 amide bonds. The van der Waals surface area contributed by atoms with Crippen molar-refractivity contribution in [2.45, 2.75) is 6.92 Å². The number of carbonyl (C=O) groups excluding carboxylic acids is 1. The van der Waals surface area contributed by atoms with Gasteiger partial charge < -0.3 is 4.42 Å². The molecule has 0 spiro atoms. The third-order valence-corrected chi connectivity index (χ3v) is 4.33. The molecule has 3 heterocycles. The number of rotatable bonds is 4. The molecule has 0 saturated heterocycles. The Bertz CT molecular complexity index is 1040. The van der Waals surface area contributed by atoms with Crippen LogP contribution < -0.4 is 5.32 Å². The third-order valence-electron chi connectivity index (χ3n) is 3.64. The summed E-state index contributed by atoms with van der Waals surface area (Å²) in [6.07, 6.45) is 5.07. The molecule has 0 radical (unpaired) electrons. The lowest BCUT2D eigenvalue weighted by atomic mass is 10.0. The highest BCUT2D eigenvalue weighted by Gasteiger charge is 2.10. The van der Waals surface area contributed by atoms with E-state index in [4.69, 9.17) is 4.42 Å². The topological polar surface area (TPSA) is 93.8 Å². The second-order valence-electron chi connectivity index (χ2n) is 5.46. The van der Waals surface area contributed by atoms with Gasteiger partial charge in [-0.25, -0.2) is 4.98 Å². The number of nitrogens with one attached hydrogen (secondary N) is 1. The van der Waals surface area contributed by atoms with Gasteiger partial charge in [0.1, 0.15) is 0 Å². The van der Waals surface area contributed by atoms with E-state index in [1.165, 1.54) is 11.3 Å². The highest BCUT2D eigenvalue weighted by Crippen LogP contribution is 2.25. The van der Waals surface area contributed by atoms with Gasteiger partial charge in [-0.1, -0.05) is 12.1 Å². The average molecular weight is 363 g/mol. The zero-order valence-corrected chi connectivity index (χ0v) is 14.5. The second kappa shape index (κ2) is 6.85. The molecular formula is C18H13N5O2S. The molecule has 3 aromatic heterocycles. The molecule has 1 aromatic carbocycles. The molecule has 4 rings (SSSR count). The predicted octanol–water partition coefficient (Wildman–Crippen LogP) is 3.82. The first-order valence-electron chi connectivity index (χ1n) is 7.76. The molecule has 0 fully saturated rings. The summed E-state index contributed by atoms with van der Waals surface area (Å²) >= 11 is 1.38. The average Bonchev–Trinajstić information content (AvgIpc) is 3.34. The fourth-order valence-corrected chi connectivity index (χ4v) is 2.92. The number of aryl methyl sites for hydroxylation is 1. The van der Waals surface area contributed by atoms with Crippen molar-refractivity contribution in [2.75, 3.05) is 5.32 Å². The first kappa shape index (κ1) is 16.1. The van der Waals surface area contributed by atoms with E-state index in [0.29, 0.717) is 22.5 Å². The fourth-order valence-electron chi connectivity index (χ4n) is 2.40. The number of thiazole rings is 1. The molecule has 0 aliphatic rings. The molecule has 0 aliphatic carbocycles. The highest BCUT2D eigenvalue weighted by atomic mass is 32.1. The van der Waals surface area contributed by atoms with Crippen molar-refractivity contribution in [3.8, 4) is 22.6 Å². The molecule has 0 atom stereocenters. The van der Waals surface area contributed by atoms with Crippen molar-refractivity contribution in [1.82, 2.24) is 20.2 Å². The van der Waals surface area contributed by atoms with E-state index in [-0.39, 0.29) is 5.91 Å². The van der Waals surface area contributed by atoms with Crippen molar-refractivity contribution in [1.29, 1.82) is 0 Å². The summed E-state index contributed by atoms with van der Waals surface area (Å²) in [5, 5.41) is 13.0. The van der Waals surface area contributed by atoms with E-state index >= 15 is 0 Å². The standard InChI is InChI=1S/C18H13N5O2S/c1-11-22-23-17(25-11)15-8-14(9-19-10-15)12-2-4-13(5-3-12)16(24)21-18-20-6-7-26-18/h2-10H,1H3,(H,20,21,24). The lowest BCUT2D eigenvalue weighted by Crippen LogP contribution is -2.11. The zero-order chi connectivity index (χ0) is 17.9. The molecule has 128 valence electrons. The van der Waals surface area contributed by atoms with Crippen molar-refractivity contribution in [3.05, 3.63) is 65.8 Å². The van der Waals surface area contributed by atoms with Crippen molar-refractivity contribution in [2.24, 2.45) is 0 Å². The maximum absolute atomic E-state index is 12.2. The van der Waals surface area contributed by atoms with E-state index in [9.17, 15) is 4.79 Å². The van der Waals surface area contributed by atoms with Crippen molar-refractivity contribution >= 4 is 22.4 Å². The largest absolute Gasteiger partial charge is 0.421 e. The van der Waals surface area contributed by atoms with Crippen LogP contribution in [0.4, 0.5) is 5.13 Å². The molecule has 4 aromatic rings. The van der Waals surface area contributed by atoms with Gasteiger partial charge in [0.05, 0.1) is 5.56 Å². The van der Waals surface area contributed by atoms with E-state index in [0.717, 1.165) is 16.7 Å². The van der Waals surface area contributed by atoms with Crippen molar-refractivity contribution < 1.29 is 9.21 Å². The summed E-state index contributed by atoms with van der Waals surface area (Å²) in [5.74, 6) is 0.733. The SMILES string of the molecule is Cc1nnc(-c2cncc(-c3ccc(C(=O)Nc4nccs4)cc3)c2)o1. The number of benzene rings is 1. The van der Waals surface area contributed by atoms with E-state index in [1.54, 1.807) is 37.6 Å². The Morgan fingerprint density at radius 1 is 1.08 bits per heavy atom. The molecule has 8 heteroatoms. The maximum Gasteiger partial charge on any atom is 0.257 e.